The van der Waals surface area contributed by atoms with Gasteiger partial charge in [-0.2, -0.15) is 0 Å². The van der Waals surface area contributed by atoms with Crippen LogP contribution in [0, 0.1) is 6.92 Å². The van der Waals surface area contributed by atoms with Crippen molar-refractivity contribution in [3.05, 3.63) is 22.5 Å². The predicted octanol–water partition coefficient (Wildman–Crippen LogP) is 2.61. The lowest BCUT2D eigenvalue weighted by Gasteiger charge is -2.17. The molecule has 3 rings (SSSR count). The number of carbonyl (C=O) groups is 1. The monoisotopic (exact) mass is 332 g/mol. The van der Waals surface area contributed by atoms with Crippen LogP contribution in [-0.2, 0) is 0 Å². The van der Waals surface area contributed by atoms with Gasteiger partial charge in [0.25, 0.3) is 5.91 Å². The van der Waals surface area contributed by atoms with Gasteiger partial charge in [-0.05, 0) is 31.7 Å². The number of nitrogens with one attached hydrogen (secondary N) is 1. The molecule has 2 aromatic heterocycles. The first-order valence-corrected chi connectivity index (χ1v) is 8.60. The highest BCUT2D eigenvalue weighted by molar-refractivity contribution is 7.15. The number of amides is 1. The minimum Gasteiger partial charge on any atom is -0.341 e. The molecule has 8 heteroatoms. The van der Waals surface area contributed by atoms with Gasteiger partial charge in [-0.3, -0.25) is 10.1 Å². The Balaban J connectivity index is 1.88. The molecule has 0 aliphatic carbocycles. The van der Waals surface area contributed by atoms with E-state index in [2.05, 4.69) is 44.2 Å². The van der Waals surface area contributed by atoms with Crippen LogP contribution in [0.1, 0.15) is 53.8 Å². The van der Waals surface area contributed by atoms with E-state index in [-0.39, 0.29) is 11.8 Å². The number of hydrogen-bond donors (Lipinski definition) is 1. The molecular weight excluding hydrogens is 312 g/mol. The molecule has 23 heavy (non-hydrogen) atoms. The Labute approximate surface area is 139 Å². The van der Waals surface area contributed by atoms with Gasteiger partial charge in [-0.1, -0.05) is 25.2 Å². The molecule has 1 amide bonds. The Bertz CT molecular complexity index is 708. The number of hydrogen-bond acceptors (Lipinski definition) is 7. The molecule has 0 spiro atoms. The lowest BCUT2D eigenvalue weighted by atomic mass is 10.1. The van der Waals surface area contributed by atoms with Crippen LogP contribution < -0.4 is 10.2 Å². The van der Waals surface area contributed by atoms with E-state index in [9.17, 15) is 4.79 Å². The molecule has 1 fully saturated rings. The molecule has 0 aromatic carbocycles. The molecule has 1 N–H and O–H groups in total. The first-order valence-electron chi connectivity index (χ1n) is 7.78. The molecule has 2 aromatic rings. The molecular formula is C15H20N6OS. The highest BCUT2D eigenvalue weighted by atomic mass is 32.1. The van der Waals surface area contributed by atoms with Gasteiger partial charge in [-0.25, -0.2) is 9.97 Å². The Morgan fingerprint density at radius 2 is 2.00 bits per heavy atom. The lowest BCUT2D eigenvalue weighted by molar-refractivity contribution is 0.102. The summed E-state index contributed by atoms with van der Waals surface area (Å²) < 4.78 is 0. The summed E-state index contributed by atoms with van der Waals surface area (Å²) in [6.45, 7) is 7.86. The molecule has 1 aliphatic rings. The fraction of sp³-hybridized carbons (Fsp3) is 0.533. The van der Waals surface area contributed by atoms with Crippen LogP contribution >= 0.6 is 11.3 Å². The standard InChI is InChI=1S/C15H20N6OS/c1-9(2)11-8-12(13(22)18-15-20-19-10(3)23-15)17-14(16-11)21-6-4-5-7-21/h8-9H,4-7H2,1-3H3,(H,18,20,22). The number of carbonyl (C=O) groups excluding carboxylic acids is 1. The van der Waals surface area contributed by atoms with E-state index in [1.54, 1.807) is 6.07 Å². The minimum absolute atomic E-state index is 0.231. The SMILES string of the molecule is Cc1nnc(NC(=O)c2cc(C(C)C)nc(N3CCCC3)n2)s1. The summed E-state index contributed by atoms with van der Waals surface area (Å²) in [6, 6.07) is 1.76. The molecule has 0 bridgehead atoms. The van der Waals surface area contributed by atoms with Crippen LogP contribution in [0.3, 0.4) is 0 Å². The van der Waals surface area contributed by atoms with Gasteiger partial charge in [0.1, 0.15) is 10.7 Å². The summed E-state index contributed by atoms with van der Waals surface area (Å²) >= 11 is 1.34. The second-order valence-corrected chi connectivity index (χ2v) is 7.09. The molecule has 0 unspecified atom stereocenters. The largest absolute Gasteiger partial charge is 0.341 e. The smallest absolute Gasteiger partial charge is 0.276 e. The fourth-order valence-corrected chi connectivity index (χ4v) is 3.02. The fourth-order valence-electron chi connectivity index (χ4n) is 2.43. The summed E-state index contributed by atoms with van der Waals surface area (Å²) in [5.74, 6) is 0.605. The van der Waals surface area contributed by atoms with E-state index in [1.807, 2.05) is 6.92 Å². The van der Waals surface area contributed by atoms with Crippen molar-refractivity contribution in [1.82, 2.24) is 20.2 Å². The van der Waals surface area contributed by atoms with Crippen LogP contribution in [0.15, 0.2) is 6.07 Å². The summed E-state index contributed by atoms with van der Waals surface area (Å²) in [4.78, 5) is 23.7. The summed E-state index contributed by atoms with van der Waals surface area (Å²) in [7, 11) is 0. The van der Waals surface area contributed by atoms with Crippen molar-refractivity contribution in [1.29, 1.82) is 0 Å². The molecule has 0 saturated carbocycles. The van der Waals surface area contributed by atoms with Crippen molar-refractivity contribution in [2.75, 3.05) is 23.3 Å². The van der Waals surface area contributed by atoms with Crippen LogP contribution in [-0.4, -0.2) is 39.2 Å². The second kappa shape index (κ2) is 6.57. The van der Waals surface area contributed by atoms with E-state index in [1.165, 1.54) is 11.3 Å². The Morgan fingerprint density at radius 3 is 2.61 bits per heavy atom. The van der Waals surface area contributed by atoms with Crippen LogP contribution in [0.2, 0.25) is 0 Å². The zero-order chi connectivity index (χ0) is 16.4. The van der Waals surface area contributed by atoms with Gasteiger partial charge in [0, 0.05) is 18.8 Å². The highest BCUT2D eigenvalue weighted by Gasteiger charge is 2.20. The van der Waals surface area contributed by atoms with Gasteiger partial charge >= 0.3 is 0 Å². The maximum Gasteiger partial charge on any atom is 0.276 e. The van der Waals surface area contributed by atoms with Gasteiger partial charge in [0.15, 0.2) is 0 Å². The topological polar surface area (TPSA) is 83.9 Å². The number of aromatic nitrogens is 4. The second-order valence-electron chi connectivity index (χ2n) is 5.91. The van der Waals surface area contributed by atoms with Crippen LogP contribution in [0.4, 0.5) is 11.1 Å². The minimum atomic E-state index is -0.272. The third-order valence-electron chi connectivity index (χ3n) is 3.69. The number of nitrogens with zero attached hydrogens (tertiary/aromatic N) is 5. The number of aryl methyl sites for hydroxylation is 1. The molecule has 1 saturated heterocycles. The Hall–Kier alpha value is -2.09. The molecule has 1 aliphatic heterocycles. The zero-order valence-corrected chi connectivity index (χ0v) is 14.4. The van der Waals surface area contributed by atoms with Gasteiger partial charge < -0.3 is 4.90 Å². The summed E-state index contributed by atoms with van der Waals surface area (Å²) in [5.41, 5.74) is 1.25. The van der Waals surface area contributed by atoms with Crippen molar-refractivity contribution in [2.24, 2.45) is 0 Å². The van der Waals surface area contributed by atoms with E-state index in [0.29, 0.717) is 16.8 Å². The van der Waals surface area contributed by atoms with Gasteiger partial charge in [-0.15, -0.1) is 10.2 Å². The summed E-state index contributed by atoms with van der Waals surface area (Å²) in [6.07, 6.45) is 2.28. The average molecular weight is 332 g/mol. The average Bonchev–Trinajstić information content (AvgIpc) is 3.18. The van der Waals surface area contributed by atoms with E-state index in [0.717, 1.165) is 36.6 Å². The predicted molar refractivity (Wildman–Crippen MR) is 90.2 cm³/mol. The lowest BCUT2D eigenvalue weighted by Crippen LogP contribution is -2.23. The van der Waals surface area contributed by atoms with Crippen molar-refractivity contribution >= 4 is 28.3 Å². The molecule has 0 atom stereocenters. The zero-order valence-electron chi connectivity index (χ0n) is 13.5. The summed E-state index contributed by atoms with van der Waals surface area (Å²) in [5, 5.41) is 11.9. The van der Waals surface area contributed by atoms with Gasteiger partial charge in [0.2, 0.25) is 11.1 Å². The Morgan fingerprint density at radius 1 is 1.26 bits per heavy atom. The quantitative estimate of drug-likeness (QED) is 0.926. The van der Waals surface area contributed by atoms with E-state index < -0.39 is 0 Å². The molecule has 0 radical (unpaired) electrons. The van der Waals surface area contributed by atoms with Crippen LogP contribution in [0.25, 0.3) is 0 Å². The maximum absolute atomic E-state index is 12.5. The normalized spacial score (nSPS) is 14.5. The third-order valence-corrected chi connectivity index (χ3v) is 4.45. The van der Waals surface area contributed by atoms with Gasteiger partial charge in [0.05, 0.1) is 0 Å². The number of rotatable bonds is 4. The van der Waals surface area contributed by atoms with Crippen molar-refractivity contribution < 1.29 is 4.79 Å². The van der Waals surface area contributed by atoms with Crippen molar-refractivity contribution in [2.45, 2.75) is 39.5 Å². The maximum atomic E-state index is 12.5. The van der Waals surface area contributed by atoms with Crippen molar-refractivity contribution in [3.63, 3.8) is 0 Å². The number of anilines is 2. The van der Waals surface area contributed by atoms with E-state index >= 15 is 0 Å². The van der Waals surface area contributed by atoms with Crippen LogP contribution in [0.5, 0.6) is 0 Å². The molecule has 122 valence electrons. The first-order chi connectivity index (χ1) is 11.0. The molecule has 3 heterocycles. The highest BCUT2D eigenvalue weighted by Crippen LogP contribution is 2.21. The van der Waals surface area contributed by atoms with Crippen molar-refractivity contribution in [3.8, 4) is 0 Å². The Kier molecular flexibility index (Phi) is 4.51. The molecule has 7 nitrogen and oxygen atoms in total. The first kappa shape index (κ1) is 15.8. The third kappa shape index (κ3) is 3.64. The van der Waals surface area contributed by atoms with E-state index in [4.69, 9.17) is 0 Å².